The van der Waals surface area contributed by atoms with Crippen LogP contribution >= 0.6 is 11.8 Å². The van der Waals surface area contributed by atoms with Gasteiger partial charge in [-0.25, -0.2) is 9.79 Å². The number of aliphatic imine (C=N–C) groups is 1. The highest BCUT2D eigenvalue weighted by Crippen LogP contribution is 2.41. The number of fused-ring (bicyclic) bond motifs is 1. The summed E-state index contributed by atoms with van der Waals surface area (Å²) in [6.45, 7) is 2.52. The predicted octanol–water partition coefficient (Wildman–Crippen LogP) is 5.67. The van der Waals surface area contributed by atoms with Crippen LogP contribution in [0, 0.1) is 0 Å². The molecule has 0 fully saturated rings. The zero-order valence-corrected chi connectivity index (χ0v) is 18.1. The number of carbonyl (C=O) groups excluding carboxylic acids is 1. The van der Waals surface area contributed by atoms with Gasteiger partial charge in [-0.2, -0.15) is 13.2 Å². The van der Waals surface area contributed by atoms with Crippen LogP contribution in [0.5, 0.6) is 11.5 Å². The summed E-state index contributed by atoms with van der Waals surface area (Å²) < 4.78 is 55.3. The lowest BCUT2D eigenvalue weighted by molar-refractivity contribution is -0.138. The quantitative estimate of drug-likeness (QED) is 0.572. The summed E-state index contributed by atoms with van der Waals surface area (Å²) in [5, 5.41) is 10.8. The van der Waals surface area contributed by atoms with Gasteiger partial charge >= 0.3 is 12.1 Å². The van der Waals surface area contributed by atoms with E-state index < -0.39 is 17.7 Å². The van der Waals surface area contributed by atoms with Gasteiger partial charge in [0.1, 0.15) is 29.6 Å². The van der Waals surface area contributed by atoms with Gasteiger partial charge in [0.25, 0.3) is 0 Å². The second-order valence-corrected chi connectivity index (χ2v) is 7.95. The Labute approximate surface area is 191 Å². The molecule has 0 aliphatic carbocycles. The molecule has 2 aromatic carbocycles. The van der Waals surface area contributed by atoms with Crippen molar-refractivity contribution in [3.8, 4) is 11.5 Å². The predicted molar refractivity (Wildman–Crippen MR) is 118 cm³/mol. The number of hydrogen-bond acceptors (Lipinski definition) is 7. The molecule has 0 saturated heterocycles. The van der Waals surface area contributed by atoms with Crippen LogP contribution in [0.3, 0.4) is 0 Å². The van der Waals surface area contributed by atoms with E-state index >= 15 is 0 Å². The Hall–Kier alpha value is -3.40. The van der Waals surface area contributed by atoms with E-state index in [0.717, 1.165) is 23.9 Å². The second kappa shape index (κ2) is 9.22. The number of rotatable bonds is 4. The smallest absolute Gasteiger partial charge is 0.416 e. The van der Waals surface area contributed by atoms with E-state index in [1.807, 2.05) is 0 Å². The molecular formula is C23H18F3NO5S. The molecule has 0 saturated carbocycles. The number of thioether (sulfide) groups is 1. The molecule has 1 N–H and O–H groups in total. The average molecular weight is 477 g/mol. The van der Waals surface area contributed by atoms with Crippen molar-refractivity contribution < 1.29 is 37.3 Å². The van der Waals surface area contributed by atoms with Crippen molar-refractivity contribution in [1.29, 1.82) is 0 Å². The van der Waals surface area contributed by atoms with Gasteiger partial charge in [0.15, 0.2) is 11.5 Å². The minimum Gasteiger partial charge on any atom is -0.506 e. The molecule has 6 nitrogen and oxygen atoms in total. The van der Waals surface area contributed by atoms with Crippen molar-refractivity contribution >= 4 is 34.5 Å². The third-order valence-corrected chi connectivity index (χ3v) is 5.66. The van der Waals surface area contributed by atoms with Gasteiger partial charge < -0.3 is 19.3 Å². The number of halogens is 3. The maximum absolute atomic E-state index is 13.1. The molecule has 0 amide bonds. The summed E-state index contributed by atoms with van der Waals surface area (Å²) in [4.78, 5) is 17.0. The van der Waals surface area contributed by atoms with Crippen LogP contribution in [0.25, 0.3) is 6.08 Å². The summed E-state index contributed by atoms with van der Waals surface area (Å²) in [5.41, 5.74) is -0.423. The number of hydrogen-bond donors (Lipinski definition) is 1. The minimum absolute atomic E-state index is 0.0116. The normalized spacial score (nSPS) is 18.2. The maximum Gasteiger partial charge on any atom is 0.416 e. The number of nitrogens with zero attached hydrogens (tertiary/aromatic N) is 1. The zero-order valence-electron chi connectivity index (χ0n) is 17.3. The van der Waals surface area contributed by atoms with Gasteiger partial charge in [-0.1, -0.05) is 23.9 Å². The van der Waals surface area contributed by atoms with Crippen molar-refractivity contribution in [3.63, 3.8) is 0 Å². The van der Waals surface area contributed by atoms with Crippen molar-refractivity contribution in [2.75, 3.05) is 19.8 Å². The minimum atomic E-state index is -4.54. The zero-order chi connectivity index (χ0) is 23.6. The monoisotopic (exact) mass is 477 g/mol. The number of ether oxygens (including phenoxy) is 3. The van der Waals surface area contributed by atoms with Gasteiger partial charge in [0.05, 0.1) is 22.8 Å². The fraction of sp³-hybridized carbons (Fsp3) is 0.217. The van der Waals surface area contributed by atoms with Gasteiger partial charge in [-0.3, -0.25) is 0 Å². The van der Waals surface area contributed by atoms with Crippen LogP contribution < -0.4 is 9.47 Å². The first-order valence-corrected chi connectivity index (χ1v) is 10.7. The Bertz CT molecular complexity index is 1190. The van der Waals surface area contributed by atoms with E-state index in [1.165, 1.54) is 12.1 Å². The fourth-order valence-electron chi connectivity index (χ4n) is 3.16. The van der Waals surface area contributed by atoms with E-state index in [9.17, 15) is 23.1 Å². The molecule has 2 aromatic rings. The van der Waals surface area contributed by atoms with Crippen LogP contribution in [0.1, 0.15) is 18.1 Å². The molecule has 2 heterocycles. The number of benzene rings is 2. The molecule has 2 aliphatic heterocycles. The van der Waals surface area contributed by atoms with Gasteiger partial charge in [0, 0.05) is 0 Å². The Morgan fingerprint density at radius 3 is 2.67 bits per heavy atom. The number of alkyl halides is 3. The number of esters is 1. The second-order valence-electron chi connectivity index (χ2n) is 6.92. The number of carbonyl (C=O) groups is 1. The maximum atomic E-state index is 13.1. The summed E-state index contributed by atoms with van der Waals surface area (Å²) in [6, 6.07) is 9.60. The lowest BCUT2D eigenvalue weighted by Crippen LogP contribution is -2.15. The van der Waals surface area contributed by atoms with Gasteiger partial charge in [-0.05, 0) is 48.9 Å². The van der Waals surface area contributed by atoms with Crippen molar-refractivity contribution in [1.82, 2.24) is 0 Å². The van der Waals surface area contributed by atoms with Crippen molar-refractivity contribution in [2.45, 2.75) is 13.1 Å². The molecule has 2 aliphatic rings. The fourth-order valence-corrected chi connectivity index (χ4v) is 4.20. The molecule has 0 radical (unpaired) electrons. The first-order chi connectivity index (χ1) is 15.8. The first-order valence-electron chi connectivity index (χ1n) is 9.92. The van der Waals surface area contributed by atoms with E-state index in [4.69, 9.17) is 14.2 Å². The third-order valence-electron chi connectivity index (χ3n) is 4.64. The molecule has 0 spiro atoms. The summed E-state index contributed by atoms with van der Waals surface area (Å²) in [6.07, 6.45) is -2.92. The first kappa shape index (κ1) is 22.8. The Kier molecular flexibility index (Phi) is 6.37. The molecule has 0 aromatic heterocycles. The molecule has 33 heavy (non-hydrogen) atoms. The Morgan fingerprint density at radius 2 is 1.94 bits per heavy atom. The van der Waals surface area contributed by atoms with Gasteiger partial charge in [0.2, 0.25) is 0 Å². The summed E-state index contributed by atoms with van der Waals surface area (Å²) in [5.74, 6) is -0.0374. The largest absolute Gasteiger partial charge is 0.506 e. The highest BCUT2D eigenvalue weighted by Gasteiger charge is 2.34. The molecule has 172 valence electrons. The Balaban J connectivity index is 1.73. The topological polar surface area (TPSA) is 77.4 Å². The standard InChI is InChI=1S/C23H18F3NO5S/c1-2-30-22(29)19-20(28)18(11-13-6-7-16-17(10-13)32-9-8-31-16)33-21(19)27-15-5-3-4-14(12-15)23(24,25)26/h3-7,10-12,28H,2,8-9H2,1H3/b18-11+,27-21?. The molecule has 4 rings (SSSR count). The van der Waals surface area contributed by atoms with Gasteiger partial charge in [-0.15, -0.1) is 0 Å². The lowest BCUT2D eigenvalue weighted by Gasteiger charge is -2.18. The lowest BCUT2D eigenvalue weighted by atomic mass is 10.1. The van der Waals surface area contributed by atoms with E-state index in [1.54, 1.807) is 31.2 Å². The van der Waals surface area contributed by atoms with Crippen LogP contribution in [0.4, 0.5) is 18.9 Å². The van der Waals surface area contributed by atoms with E-state index in [2.05, 4.69) is 4.99 Å². The van der Waals surface area contributed by atoms with Crippen LogP contribution in [0.15, 0.2) is 63.7 Å². The SMILES string of the molecule is CCOC(=O)C1=C(O)/C(=C\c2ccc3c(c2)OCCO3)SC1=Nc1cccc(C(F)(F)F)c1. The van der Waals surface area contributed by atoms with Crippen molar-refractivity contribution in [3.05, 3.63) is 69.8 Å². The molecule has 0 bridgehead atoms. The van der Waals surface area contributed by atoms with Crippen LogP contribution in [-0.4, -0.2) is 35.9 Å². The number of aliphatic hydroxyl groups excluding tert-OH is 1. The third kappa shape index (κ3) is 5.00. The highest BCUT2D eigenvalue weighted by atomic mass is 32.2. The molecule has 0 atom stereocenters. The summed E-state index contributed by atoms with van der Waals surface area (Å²) >= 11 is 0.954. The molecule has 0 unspecified atom stereocenters. The van der Waals surface area contributed by atoms with Crippen LogP contribution in [-0.2, 0) is 15.7 Å². The number of aliphatic hydroxyl groups is 1. The van der Waals surface area contributed by atoms with E-state index in [0.29, 0.717) is 35.2 Å². The van der Waals surface area contributed by atoms with E-state index in [-0.39, 0.29) is 28.7 Å². The highest BCUT2D eigenvalue weighted by molar-refractivity contribution is 8.18. The molecule has 10 heteroatoms. The van der Waals surface area contributed by atoms with Crippen LogP contribution in [0.2, 0.25) is 0 Å². The average Bonchev–Trinajstić information content (AvgIpc) is 3.08. The Morgan fingerprint density at radius 1 is 1.18 bits per heavy atom. The van der Waals surface area contributed by atoms with Crippen molar-refractivity contribution in [2.24, 2.45) is 4.99 Å². The summed E-state index contributed by atoms with van der Waals surface area (Å²) in [7, 11) is 0. The molecular weight excluding hydrogens is 459 g/mol.